The summed E-state index contributed by atoms with van der Waals surface area (Å²) in [5, 5.41) is 0. The number of hydrogen-bond acceptors (Lipinski definition) is 5. The molecule has 4 aliphatic carbocycles. The van der Waals surface area contributed by atoms with E-state index in [9.17, 15) is 9.59 Å². The molecule has 0 radical (unpaired) electrons. The monoisotopic (exact) mass is 380 g/mol. The standard InChI is InChI=1S/C13H17IO5/c1-8(15)17-12-3-9-2-10(4-12)6-13(5-9,7-12)18-11(16)19-14/h9-10H,2-7H2,1H3. The van der Waals surface area contributed by atoms with Crippen LogP contribution in [0.1, 0.15) is 45.4 Å². The zero-order chi connectivity index (χ0) is 13.7. The molecule has 106 valence electrons. The van der Waals surface area contributed by atoms with Gasteiger partial charge in [0.05, 0.1) is 0 Å². The van der Waals surface area contributed by atoms with Crippen molar-refractivity contribution >= 4 is 35.1 Å². The van der Waals surface area contributed by atoms with E-state index >= 15 is 0 Å². The van der Waals surface area contributed by atoms with Gasteiger partial charge < -0.3 is 12.5 Å². The second kappa shape index (κ2) is 4.49. The number of rotatable bonds is 2. The smallest absolute Gasteiger partial charge is 0.459 e. The molecule has 4 saturated carbocycles. The number of carbonyl (C=O) groups excluding carboxylic acids is 2. The Labute approximate surface area is 126 Å². The van der Waals surface area contributed by atoms with Gasteiger partial charge in [-0.25, -0.2) is 4.79 Å². The van der Waals surface area contributed by atoms with Crippen LogP contribution >= 0.6 is 23.0 Å². The van der Waals surface area contributed by atoms with Crippen LogP contribution in [0, 0.1) is 11.8 Å². The van der Waals surface area contributed by atoms with Crippen LogP contribution in [0.2, 0.25) is 0 Å². The highest BCUT2D eigenvalue weighted by Gasteiger charge is 2.61. The van der Waals surface area contributed by atoms with Crippen molar-refractivity contribution in [3.8, 4) is 0 Å². The molecule has 0 aromatic heterocycles. The van der Waals surface area contributed by atoms with E-state index in [-0.39, 0.29) is 5.97 Å². The molecule has 0 aliphatic heterocycles. The molecule has 2 atom stereocenters. The number of hydrogen-bond donors (Lipinski definition) is 0. The molecule has 0 spiro atoms. The van der Waals surface area contributed by atoms with Gasteiger partial charge in [-0.15, -0.1) is 0 Å². The topological polar surface area (TPSA) is 61.8 Å². The van der Waals surface area contributed by atoms with Gasteiger partial charge in [0.15, 0.2) is 23.0 Å². The van der Waals surface area contributed by atoms with E-state index in [0.29, 0.717) is 18.3 Å². The molecule has 0 heterocycles. The highest BCUT2D eigenvalue weighted by Crippen LogP contribution is 2.60. The zero-order valence-electron chi connectivity index (χ0n) is 10.8. The summed E-state index contributed by atoms with van der Waals surface area (Å²) < 4.78 is 15.8. The fourth-order valence-corrected chi connectivity index (χ4v) is 4.92. The number of halogens is 1. The van der Waals surface area contributed by atoms with E-state index in [4.69, 9.17) is 9.47 Å². The van der Waals surface area contributed by atoms with Crippen molar-refractivity contribution in [3.05, 3.63) is 0 Å². The molecule has 19 heavy (non-hydrogen) atoms. The van der Waals surface area contributed by atoms with E-state index in [1.54, 1.807) is 0 Å². The summed E-state index contributed by atoms with van der Waals surface area (Å²) in [5.41, 5.74) is -0.900. The van der Waals surface area contributed by atoms with E-state index in [1.807, 2.05) is 0 Å². The summed E-state index contributed by atoms with van der Waals surface area (Å²) in [6.45, 7) is 1.45. The first-order chi connectivity index (χ1) is 8.94. The lowest BCUT2D eigenvalue weighted by molar-refractivity contribution is -0.219. The number of carbonyl (C=O) groups is 2. The Morgan fingerprint density at radius 2 is 1.58 bits per heavy atom. The molecule has 4 rings (SSSR count). The van der Waals surface area contributed by atoms with Gasteiger partial charge in [-0.1, -0.05) is 0 Å². The Hall–Kier alpha value is -0.530. The predicted molar refractivity (Wildman–Crippen MR) is 73.5 cm³/mol. The maximum atomic E-state index is 11.5. The van der Waals surface area contributed by atoms with Crippen LogP contribution in [0.3, 0.4) is 0 Å². The number of esters is 1. The van der Waals surface area contributed by atoms with Crippen LogP contribution in [0.25, 0.3) is 0 Å². The van der Waals surface area contributed by atoms with Crippen molar-refractivity contribution in [3.63, 3.8) is 0 Å². The quantitative estimate of drug-likeness (QED) is 0.544. The van der Waals surface area contributed by atoms with Gasteiger partial charge in [0.1, 0.15) is 11.2 Å². The second-order valence-electron chi connectivity index (χ2n) is 6.35. The minimum atomic E-state index is -0.638. The van der Waals surface area contributed by atoms with Crippen LogP contribution in [-0.4, -0.2) is 23.3 Å². The first-order valence-electron chi connectivity index (χ1n) is 6.65. The molecule has 0 N–H and O–H groups in total. The lowest BCUT2D eigenvalue weighted by Crippen LogP contribution is -2.61. The summed E-state index contributed by atoms with van der Waals surface area (Å²) in [5.74, 6) is 0.735. The fourth-order valence-electron chi connectivity index (χ4n) is 4.83. The van der Waals surface area contributed by atoms with Crippen LogP contribution in [-0.2, 0) is 17.3 Å². The second-order valence-corrected chi connectivity index (χ2v) is 6.79. The highest BCUT2D eigenvalue weighted by molar-refractivity contribution is 14.1. The summed E-state index contributed by atoms with van der Waals surface area (Å²) in [6.07, 6.45) is 4.71. The molecule has 4 aliphatic rings. The molecular weight excluding hydrogens is 363 g/mol. The lowest BCUT2D eigenvalue weighted by Gasteiger charge is -2.59. The number of ether oxygens (including phenoxy) is 2. The van der Waals surface area contributed by atoms with Gasteiger partial charge in [-0.3, -0.25) is 4.79 Å². The van der Waals surface area contributed by atoms with Crippen LogP contribution < -0.4 is 0 Å². The molecule has 0 saturated heterocycles. The molecule has 0 amide bonds. The van der Waals surface area contributed by atoms with Crippen molar-refractivity contribution in [1.29, 1.82) is 0 Å². The van der Waals surface area contributed by atoms with Crippen molar-refractivity contribution in [2.75, 3.05) is 0 Å². The first kappa shape index (κ1) is 13.5. The molecule has 0 aromatic carbocycles. The van der Waals surface area contributed by atoms with Crippen LogP contribution in [0.4, 0.5) is 4.79 Å². The van der Waals surface area contributed by atoms with Gasteiger partial charge in [-0.2, -0.15) is 0 Å². The van der Waals surface area contributed by atoms with E-state index in [0.717, 1.165) is 32.1 Å². The van der Waals surface area contributed by atoms with Gasteiger partial charge in [0.2, 0.25) is 0 Å². The average Bonchev–Trinajstić information content (AvgIpc) is 2.24. The Morgan fingerprint density at radius 1 is 1.05 bits per heavy atom. The summed E-state index contributed by atoms with van der Waals surface area (Å²) >= 11 is 1.54. The maximum absolute atomic E-state index is 11.5. The van der Waals surface area contributed by atoms with Gasteiger partial charge in [0, 0.05) is 13.3 Å². The van der Waals surface area contributed by atoms with E-state index in [2.05, 4.69) is 3.07 Å². The SMILES string of the molecule is CC(=O)OC12CC3CC(C1)CC(OC(=O)OI)(C3)C2. The van der Waals surface area contributed by atoms with Crippen LogP contribution in [0.15, 0.2) is 0 Å². The van der Waals surface area contributed by atoms with Gasteiger partial charge in [0.25, 0.3) is 0 Å². The minimum Gasteiger partial charge on any atom is -0.459 e. The first-order valence-corrected chi connectivity index (χ1v) is 7.53. The third-order valence-corrected chi connectivity index (χ3v) is 5.04. The van der Waals surface area contributed by atoms with Gasteiger partial charge >= 0.3 is 12.1 Å². The predicted octanol–water partition coefficient (Wildman–Crippen LogP) is 3.14. The Kier molecular flexibility index (Phi) is 3.18. The maximum Gasteiger partial charge on any atom is 0.518 e. The van der Waals surface area contributed by atoms with E-state index in [1.165, 1.54) is 29.9 Å². The lowest BCUT2D eigenvalue weighted by atomic mass is 9.52. The summed E-state index contributed by atoms with van der Waals surface area (Å²) in [6, 6.07) is 0. The fraction of sp³-hybridized carbons (Fsp3) is 0.846. The van der Waals surface area contributed by atoms with Crippen molar-refractivity contribution < 1.29 is 22.1 Å². The molecule has 5 nitrogen and oxygen atoms in total. The zero-order valence-corrected chi connectivity index (χ0v) is 13.0. The normalized spacial score (nSPS) is 42.8. The third kappa shape index (κ3) is 2.43. The summed E-state index contributed by atoms with van der Waals surface area (Å²) in [4.78, 5) is 22.8. The van der Waals surface area contributed by atoms with Crippen molar-refractivity contribution in [2.24, 2.45) is 11.8 Å². The van der Waals surface area contributed by atoms with Crippen molar-refractivity contribution in [1.82, 2.24) is 0 Å². The minimum absolute atomic E-state index is 0.242. The average molecular weight is 380 g/mol. The molecular formula is C13H17IO5. The van der Waals surface area contributed by atoms with Gasteiger partial charge in [-0.05, 0) is 43.9 Å². The largest absolute Gasteiger partial charge is 0.518 e. The van der Waals surface area contributed by atoms with E-state index < -0.39 is 17.4 Å². The highest BCUT2D eigenvalue weighted by atomic mass is 127. The molecule has 6 heteroatoms. The Morgan fingerprint density at radius 3 is 2.05 bits per heavy atom. The molecule has 4 bridgehead atoms. The van der Waals surface area contributed by atoms with Crippen LogP contribution in [0.5, 0.6) is 0 Å². The Bertz CT molecular complexity index is 407. The molecule has 0 aromatic rings. The van der Waals surface area contributed by atoms with Crippen molar-refractivity contribution in [2.45, 2.75) is 56.7 Å². The molecule has 2 unspecified atom stereocenters. The third-order valence-electron chi connectivity index (χ3n) is 4.68. The molecule has 4 fully saturated rings. The summed E-state index contributed by atoms with van der Waals surface area (Å²) in [7, 11) is 0. The Balaban J connectivity index is 1.84.